The SMILES string of the molecule is Cc1cccc(F)c1N(CC(O)CC(C)(C)C#N)SI. The zero-order valence-corrected chi connectivity index (χ0v) is 14.7. The zero-order valence-electron chi connectivity index (χ0n) is 11.7. The van der Waals surface area contributed by atoms with Gasteiger partial charge >= 0.3 is 0 Å². The zero-order chi connectivity index (χ0) is 15.3. The average molecular weight is 408 g/mol. The Morgan fingerprint density at radius 1 is 1.55 bits per heavy atom. The molecule has 0 aromatic heterocycles. The van der Waals surface area contributed by atoms with Gasteiger partial charge in [-0.3, -0.25) is 0 Å². The minimum atomic E-state index is -0.689. The molecule has 1 N–H and O–H groups in total. The molecule has 0 aliphatic carbocycles. The maximum Gasteiger partial charge on any atom is 0.147 e. The lowest BCUT2D eigenvalue weighted by molar-refractivity contribution is 0.142. The summed E-state index contributed by atoms with van der Waals surface area (Å²) < 4.78 is 15.7. The first kappa shape index (κ1) is 17.5. The Morgan fingerprint density at radius 3 is 2.70 bits per heavy atom. The van der Waals surface area contributed by atoms with Crippen molar-refractivity contribution in [3.05, 3.63) is 29.6 Å². The highest BCUT2D eigenvalue weighted by Crippen LogP contribution is 2.33. The monoisotopic (exact) mass is 408 g/mol. The van der Waals surface area contributed by atoms with Gasteiger partial charge in [0.05, 0.1) is 29.8 Å². The molecule has 0 fully saturated rings. The molecule has 20 heavy (non-hydrogen) atoms. The highest BCUT2D eigenvalue weighted by molar-refractivity contribution is 14.2. The number of para-hydroxylation sites is 1. The summed E-state index contributed by atoms with van der Waals surface area (Å²) >= 11 is 2.07. The molecule has 0 heterocycles. The Bertz CT molecular complexity index is 484. The molecule has 1 aromatic rings. The summed E-state index contributed by atoms with van der Waals surface area (Å²) in [6.45, 7) is 5.68. The molecule has 0 amide bonds. The van der Waals surface area contributed by atoms with E-state index in [0.717, 1.165) is 5.56 Å². The first-order valence-electron chi connectivity index (χ1n) is 6.21. The van der Waals surface area contributed by atoms with Crippen LogP contribution in [0, 0.1) is 29.5 Å². The van der Waals surface area contributed by atoms with Gasteiger partial charge in [0.1, 0.15) is 5.82 Å². The number of nitrogens with zero attached hydrogens (tertiary/aromatic N) is 2. The maximum atomic E-state index is 13.9. The van der Waals surface area contributed by atoms with Crippen molar-refractivity contribution >= 4 is 36.0 Å². The minimum Gasteiger partial charge on any atom is -0.391 e. The van der Waals surface area contributed by atoms with E-state index in [1.165, 1.54) is 15.2 Å². The fourth-order valence-electron chi connectivity index (χ4n) is 1.98. The van der Waals surface area contributed by atoms with Crippen molar-refractivity contribution < 1.29 is 9.50 Å². The molecule has 3 nitrogen and oxygen atoms in total. The summed E-state index contributed by atoms with van der Waals surface area (Å²) in [6.07, 6.45) is -0.337. The molecule has 0 aliphatic heterocycles. The van der Waals surface area contributed by atoms with E-state index < -0.39 is 11.5 Å². The molecule has 1 aromatic carbocycles. The van der Waals surface area contributed by atoms with Crippen LogP contribution in [0.2, 0.25) is 0 Å². The van der Waals surface area contributed by atoms with E-state index >= 15 is 0 Å². The van der Waals surface area contributed by atoms with E-state index in [9.17, 15) is 9.50 Å². The van der Waals surface area contributed by atoms with Crippen molar-refractivity contribution in [3.63, 3.8) is 0 Å². The third-order valence-electron chi connectivity index (χ3n) is 2.95. The predicted molar refractivity (Wildman–Crippen MR) is 90.1 cm³/mol. The molecule has 1 unspecified atom stereocenters. The molecule has 1 rings (SSSR count). The van der Waals surface area contributed by atoms with Crippen molar-refractivity contribution in [1.82, 2.24) is 0 Å². The van der Waals surface area contributed by atoms with Gasteiger partial charge in [-0.15, -0.1) is 0 Å². The lowest BCUT2D eigenvalue weighted by Crippen LogP contribution is -2.31. The molecular weight excluding hydrogens is 390 g/mol. The molecular formula is C14H18FIN2OS. The molecule has 6 heteroatoms. The van der Waals surface area contributed by atoms with Gasteiger partial charge in [0.25, 0.3) is 0 Å². The largest absolute Gasteiger partial charge is 0.391 e. The van der Waals surface area contributed by atoms with Crippen LogP contribution in [0.4, 0.5) is 10.1 Å². The number of anilines is 1. The quantitative estimate of drug-likeness (QED) is 0.565. The normalized spacial score (nSPS) is 12.8. The number of nitriles is 1. The maximum absolute atomic E-state index is 13.9. The molecule has 110 valence electrons. The lowest BCUT2D eigenvalue weighted by Gasteiger charge is -2.27. The summed E-state index contributed by atoms with van der Waals surface area (Å²) in [5.41, 5.74) is 0.715. The average Bonchev–Trinajstić information content (AvgIpc) is 2.36. The number of rotatable bonds is 6. The molecule has 0 aliphatic rings. The summed E-state index contributed by atoms with van der Waals surface area (Å²) in [5, 5.41) is 19.1. The van der Waals surface area contributed by atoms with Crippen molar-refractivity contribution in [3.8, 4) is 6.07 Å². The predicted octanol–water partition coefficient (Wildman–Crippen LogP) is 4.24. The smallest absolute Gasteiger partial charge is 0.147 e. The highest BCUT2D eigenvalue weighted by atomic mass is 127. The number of hydrogen-bond donors (Lipinski definition) is 1. The Balaban J connectivity index is 2.86. The van der Waals surface area contributed by atoms with Gasteiger partial charge in [-0.05, 0) is 38.8 Å². The summed E-state index contributed by atoms with van der Waals surface area (Å²) in [4.78, 5) is 0. The lowest BCUT2D eigenvalue weighted by atomic mass is 9.88. The van der Waals surface area contributed by atoms with Gasteiger partial charge in [0.2, 0.25) is 0 Å². The third kappa shape index (κ3) is 4.79. The fraction of sp³-hybridized carbons (Fsp3) is 0.500. The number of halogens is 2. The molecule has 1 atom stereocenters. The second-order valence-electron chi connectivity index (χ2n) is 5.39. The van der Waals surface area contributed by atoms with Crippen LogP contribution in [0.1, 0.15) is 25.8 Å². The van der Waals surface area contributed by atoms with Gasteiger partial charge in [-0.25, -0.2) is 4.39 Å². The summed E-state index contributed by atoms with van der Waals surface area (Å²) in [6, 6.07) is 7.08. The first-order valence-corrected chi connectivity index (χ1v) is 9.53. The Hall–Kier alpha value is -0.520. The van der Waals surface area contributed by atoms with Crippen molar-refractivity contribution in [2.24, 2.45) is 5.41 Å². The van der Waals surface area contributed by atoms with Gasteiger partial charge in [0, 0.05) is 30.3 Å². The van der Waals surface area contributed by atoms with Crippen LogP contribution in [-0.2, 0) is 0 Å². The highest BCUT2D eigenvalue weighted by Gasteiger charge is 2.25. The Labute approximate surface area is 135 Å². The van der Waals surface area contributed by atoms with Crippen LogP contribution in [0.3, 0.4) is 0 Å². The topological polar surface area (TPSA) is 47.3 Å². The standard InChI is InChI=1S/C14H18FIN2OS/c1-10-5-4-6-12(15)13(10)18(20-16)8-11(19)7-14(2,3)9-17/h4-6,11,19H,7-8H2,1-3H3. The Kier molecular flexibility index (Phi) is 6.55. The summed E-state index contributed by atoms with van der Waals surface area (Å²) in [7, 11) is 1.33. The Morgan fingerprint density at radius 2 is 2.20 bits per heavy atom. The van der Waals surface area contributed by atoms with E-state index in [1.807, 2.05) is 13.0 Å². The molecule has 0 saturated carbocycles. The number of aliphatic hydroxyl groups is 1. The second kappa shape index (κ2) is 7.48. The molecule has 0 spiro atoms. The second-order valence-corrected chi connectivity index (χ2v) is 7.15. The van der Waals surface area contributed by atoms with Gasteiger partial charge in [0.15, 0.2) is 0 Å². The van der Waals surface area contributed by atoms with E-state index in [4.69, 9.17) is 5.26 Å². The molecule has 0 radical (unpaired) electrons. The number of aryl methyl sites for hydroxylation is 1. The fourth-order valence-corrected chi connectivity index (χ4v) is 3.59. The van der Waals surface area contributed by atoms with Crippen LogP contribution in [0.25, 0.3) is 0 Å². The van der Waals surface area contributed by atoms with Crippen LogP contribution < -0.4 is 4.31 Å². The van der Waals surface area contributed by atoms with Crippen LogP contribution in [-0.4, -0.2) is 17.8 Å². The number of aliphatic hydroxyl groups excluding tert-OH is 1. The van der Waals surface area contributed by atoms with Crippen LogP contribution in [0.5, 0.6) is 0 Å². The van der Waals surface area contributed by atoms with Gasteiger partial charge < -0.3 is 9.41 Å². The summed E-state index contributed by atoms with van der Waals surface area (Å²) in [5.74, 6) is -0.305. The van der Waals surface area contributed by atoms with Gasteiger partial charge in [-0.1, -0.05) is 12.1 Å². The number of benzene rings is 1. The van der Waals surface area contributed by atoms with E-state index in [0.29, 0.717) is 12.1 Å². The molecule has 0 bridgehead atoms. The first-order chi connectivity index (χ1) is 9.30. The van der Waals surface area contributed by atoms with Crippen LogP contribution >= 0.6 is 30.3 Å². The van der Waals surface area contributed by atoms with E-state index in [1.54, 1.807) is 24.2 Å². The van der Waals surface area contributed by atoms with Crippen molar-refractivity contribution in [1.29, 1.82) is 5.26 Å². The van der Waals surface area contributed by atoms with E-state index in [-0.39, 0.29) is 12.4 Å². The van der Waals surface area contributed by atoms with Crippen molar-refractivity contribution in [2.75, 3.05) is 10.8 Å². The minimum absolute atomic E-state index is 0.278. The number of hydrogen-bond acceptors (Lipinski definition) is 4. The van der Waals surface area contributed by atoms with Gasteiger partial charge in [-0.2, -0.15) is 5.26 Å². The third-order valence-corrected chi connectivity index (χ3v) is 4.87. The van der Waals surface area contributed by atoms with Crippen LogP contribution in [0.15, 0.2) is 18.2 Å². The molecule has 0 saturated heterocycles. The van der Waals surface area contributed by atoms with E-state index in [2.05, 4.69) is 27.3 Å². The van der Waals surface area contributed by atoms with Crippen molar-refractivity contribution in [2.45, 2.75) is 33.3 Å².